The first kappa shape index (κ1) is 16.4. The van der Waals surface area contributed by atoms with E-state index >= 15 is 0 Å². The van der Waals surface area contributed by atoms with Crippen molar-refractivity contribution in [2.24, 2.45) is 0 Å². The van der Waals surface area contributed by atoms with E-state index in [4.69, 9.17) is 0 Å². The number of hydrogen-bond donors (Lipinski definition) is 4. The molecule has 0 fully saturated rings. The summed E-state index contributed by atoms with van der Waals surface area (Å²) in [4.78, 5) is 37.7. The predicted octanol–water partition coefficient (Wildman–Crippen LogP) is 1.06. The third-order valence-electron chi connectivity index (χ3n) is 3.82. The molecule has 1 aromatic carbocycles. The Morgan fingerprint density at radius 1 is 0.840 bits per heavy atom. The summed E-state index contributed by atoms with van der Waals surface area (Å²) in [7, 11) is 0. The van der Waals surface area contributed by atoms with Gasteiger partial charge in [-0.2, -0.15) is 0 Å². The van der Waals surface area contributed by atoms with Gasteiger partial charge in [0.2, 0.25) is 11.8 Å². The Kier molecular flexibility index (Phi) is 4.10. The van der Waals surface area contributed by atoms with Crippen LogP contribution in [0, 0.1) is 13.8 Å². The smallest absolute Gasteiger partial charge is 0.258 e. The summed E-state index contributed by atoms with van der Waals surface area (Å²) in [5.41, 5.74) is -0.941. The lowest BCUT2D eigenvalue weighted by Crippen LogP contribution is -2.26. The molecule has 0 saturated heterocycles. The Balaban J connectivity index is 2.38. The van der Waals surface area contributed by atoms with E-state index in [0.29, 0.717) is 5.56 Å². The number of aromatic nitrogens is 4. The van der Waals surface area contributed by atoms with Gasteiger partial charge in [-0.25, -0.2) is 9.97 Å². The minimum absolute atomic E-state index is 0.136. The van der Waals surface area contributed by atoms with Crippen LogP contribution in [0.25, 0.3) is 0 Å². The second kappa shape index (κ2) is 6.23. The van der Waals surface area contributed by atoms with Gasteiger partial charge in [0.1, 0.15) is 11.6 Å². The second-order valence-corrected chi connectivity index (χ2v) is 5.62. The third kappa shape index (κ3) is 3.01. The van der Waals surface area contributed by atoms with Crippen LogP contribution in [-0.2, 0) is 0 Å². The maximum Gasteiger partial charge on any atom is 0.258 e. The average Bonchev–Trinajstić information content (AvgIpc) is 2.52. The van der Waals surface area contributed by atoms with Crippen molar-refractivity contribution in [3.05, 3.63) is 79.4 Å². The summed E-state index contributed by atoms with van der Waals surface area (Å²) < 4.78 is 0. The molecule has 2 aromatic heterocycles. The van der Waals surface area contributed by atoms with Crippen molar-refractivity contribution >= 4 is 0 Å². The summed E-state index contributed by atoms with van der Waals surface area (Å²) >= 11 is 0. The molecule has 0 aliphatic heterocycles. The van der Waals surface area contributed by atoms with E-state index in [9.17, 15) is 19.8 Å². The maximum absolute atomic E-state index is 12.5. The minimum Gasteiger partial charge on any atom is -0.493 e. The molecule has 8 nitrogen and oxygen atoms in total. The molecule has 0 aliphatic carbocycles. The molecule has 0 bridgehead atoms. The lowest BCUT2D eigenvalue weighted by atomic mass is 9.87. The topological polar surface area (TPSA) is 132 Å². The molecule has 0 amide bonds. The predicted molar refractivity (Wildman–Crippen MR) is 89.9 cm³/mol. The molecular weight excluding hydrogens is 324 g/mol. The van der Waals surface area contributed by atoms with E-state index in [-0.39, 0.29) is 22.8 Å². The van der Waals surface area contributed by atoms with E-state index in [1.807, 2.05) is 0 Å². The van der Waals surface area contributed by atoms with Crippen LogP contribution in [0.4, 0.5) is 0 Å². The third-order valence-corrected chi connectivity index (χ3v) is 3.82. The summed E-state index contributed by atoms with van der Waals surface area (Å²) in [6.07, 6.45) is 0. The van der Waals surface area contributed by atoms with Gasteiger partial charge in [0.05, 0.1) is 17.0 Å². The van der Waals surface area contributed by atoms with Crippen LogP contribution >= 0.6 is 0 Å². The van der Waals surface area contributed by atoms with Crippen LogP contribution in [0.15, 0.2) is 39.9 Å². The van der Waals surface area contributed by atoms with Gasteiger partial charge in [0, 0.05) is 0 Å². The number of aromatic amines is 2. The van der Waals surface area contributed by atoms with E-state index in [1.165, 1.54) is 13.8 Å². The van der Waals surface area contributed by atoms with Crippen molar-refractivity contribution in [1.29, 1.82) is 0 Å². The largest absolute Gasteiger partial charge is 0.493 e. The van der Waals surface area contributed by atoms with Crippen molar-refractivity contribution in [3.63, 3.8) is 0 Å². The number of aromatic hydroxyl groups is 2. The Labute approximate surface area is 141 Å². The van der Waals surface area contributed by atoms with Gasteiger partial charge in [-0.15, -0.1) is 0 Å². The quantitative estimate of drug-likeness (QED) is 0.564. The van der Waals surface area contributed by atoms with Gasteiger partial charge in [-0.3, -0.25) is 9.59 Å². The van der Waals surface area contributed by atoms with E-state index in [1.54, 1.807) is 30.3 Å². The lowest BCUT2D eigenvalue weighted by molar-refractivity contribution is 0.430. The van der Waals surface area contributed by atoms with Gasteiger partial charge < -0.3 is 20.2 Å². The fourth-order valence-corrected chi connectivity index (χ4v) is 2.80. The molecule has 3 rings (SSSR count). The molecule has 0 saturated carbocycles. The monoisotopic (exact) mass is 340 g/mol. The molecule has 4 N–H and O–H groups in total. The number of nitrogens with zero attached hydrogens (tertiary/aromatic N) is 2. The van der Waals surface area contributed by atoms with Crippen molar-refractivity contribution < 1.29 is 10.2 Å². The summed E-state index contributed by atoms with van der Waals surface area (Å²) in [5, 5.41) is 20.5. The molecule has 0 aliphatic rings. The molecule has 8 heteroatoms. The van der Waals surface area contributed by atoms with Gasteiger partial charge in [-0.05, 0) is 19.4 Å². The highest BCUT2D eigenvalue weighted by Crippen LogP contribution is 2.35. The minimum atomic E-state index is -1.03. The maximum atomic E-state index is 12.5. The van der Waals surface area contributed by atoms with Crippen molar-refractivity contribution in [2.45, 2.75) is 19.8 Å². The van der Waals surface area contributed by atoms with Crippen molar-refractivity contribution in [1.82, 2.24) is 19.9 Å². The van der Waals surface area contributed by atoms with Gasteiger partial charge >= 0.3 is 0 Å². The molecule has 3 aromatic rings. The lowest BCUT2D eigenvalue weighted by Gasteiger charge is -2.18. The average molecular weight is 340 g/mol. The number of nitrogens with one attached hydrogen (secondary N) is 2. The molecule has 128 valence electrons. The highest BCUT2D eigenvalue weighted by atomic mass is 16.3. The molecule has 0 atom stereocenters. The first-order valence-electron chi connectivity index (χ1n) is 7.53. The van der Waals surface area contributed by atoms with E-state index in [0.717, 1.165) is 0 Å². The van der Waals surface area contributed by atoms with Crippen LogP contribution in [0.2, 0.25) is 0 Å². The summed E-state index contributed by atoms with van der Waals surface area (Å²) in [6, 6.07) is 8.59. The molecule has 0 unspecified atom stereocenters. The number of aryl methyl sites for hydroxylation is 2. The van der Waals surface area contributed by atoms with Gasteiger partial charge in [0.15, 0.2) is 0 Å². The molecule has 0 radical (unpaired) electrons. The van der Waals surface area contributed by atoms with Crippen LogP contribution in [0.5, 0.6) is 11.8 Å². The first-order chi connectivity index (χ1) is 11.9. The normalized spacial score (nSPS) is 11.0. The second-order valence-electron chi connectivity index (χ2n) is 5.62. The zero-order valence-electron chi connectivity index (χ0n) is 13.6. The van der Waals surface area contributed by atoms with Crippen LogP contribution < -0.4 is 11.1 Å². The Morgan fingerprint density at radius 2 is 1.28 bits per heavy atom. The zero-order valence-corrected chi connectivity index (χ0v) is 13.6. The van der Waals surface area contributed by atoms with Crippen LogP contribution in [-0.4, -0.2) is 30.1 Å². The number of H-pyrrole nitrogens is 2. The number of rotatable bonds is 3. The summed E-state index contributed by atoms with van der Waals surface area (Å²) in [6.45, 7) is 3.06. The molecular formula is C17H16N4O4. The van der Waals surface area contributed by atoms with Crippen molar-refractivity contribution in [2.75, 3.05) is 0 Å². The Hall–Kier alpha value is -3.42. The Bertz CT molecular complexity index is 975. The van der Waals surface area contributed by atoms with E-state index in [2.05, 4.69) is 19.9 Å². The van der Waals surface area contributed by atoms with Crippen molar-refractivity contribution in [3.8, 4) is 11.8 Å². The number of hydrogen-bond acceptors (Lipinski definition) is 6. The summed E-state index contributed by atoms with van der Waals surface area (Å²) in [5.74, 6) is -1.57. The SMILES string of the molecule is Cc1nc(O)c(C(c2ccccc2)c2c(O)nc(C)[nH]c2=O)c(=O)[nH]1. The Morgan fingerprint density at radius 3 is 1.68 bits per heavy atom. The number of benzene rings is 1. The van der Waals surface area contributed by atoms with E-state index < -0.39 is 28.8 Å². The first-order valence-corrected chi connectivity index (χ1v) is 7.53. The highest BCUT2D eigenvalue weighted by molar-refractivity contribution is 5.47. The fraction of sp³-hybridized carbons (Fsp3) is 0.176. The molecule has 25 heavy (non-hydrogen) atoms. The highest BCUT2D eigenvalue weighted by Gasteiger charge is 2.30. The van der Waals surface area contributed by atoms with Gasteiger partial charge in [0.25, 0.3) is 11.1 Å². The van der Waals surface area contributed by atoms with Gasteiger partial charge in [-0.1, -0.05) is 30.3 Å². The molecule has 0 spiro atoms. The zero-order chi connectivity index (χ0) is 18.1. The fourth-order valence-electron chi connectivity index (χ4n) is 2.80. The standard InChI is InChI=1S/C17H16N4O4/c1-8-18-14(22)12(15(23)19-8)11(10-6-4-3-5-7-10)13-16(24)20-9(2)21-17(13)25/h3-7,11H,1-2H3,(H2,18,19,22,23)(H2,20,21,24,25). The molecule has 2 heterocycles. The van der Waals surface area contributed by atoms with Crippen LogP contribution in [0.3, 0.4) is 0 Å². The van der Waals surface area contributed by atoms with Crippen LogP contribution in [0.1, 0.15) is 34.3 Å².